The number of aromatic hydroxyl groups is 1. The fourth-order valence-corrected chi connectivity index (χ4v) is 3.87. The Bertz CT molecular complexity index is 1100. The molecule has 9 nitrogen and oxygen atoms in total. The van der Waals surface area contributed by atoms with E-state index in [1.165, 1.54) is 12.1 Å². The van der Waals surface area contributed by atoms with Gasteiger partial charge in [-0.3, -0.25) is 24.6 Å². The molecule has 2 aliphatic rings. The van der Waals surface area contributed by atoms with E-state index in [1.807, 2.05) is 0 Å². The van der Waals surface area contributed by atoms with Gasteiger partial charge in [-0.15, -0.1) is 0 Å². The average Bonchev–Trinajstić information content (AvgIpc) is 3.22. The molecule has 1 N–H and O–H groups in total. The van der Waals surface area contributed by atoms with Crippen molar-refractivity contribution in [1.82, 2.24) is 4.90 Å². The number of halogens is 1. The van der Waals surface area contributed by atoms with Gasteiger partial charge in [-0.25, -0.2) is 0 Å². The number of ether oxygens (including phenoxy) is 2. The molecule has 0 unspecified atom stereocenters. The number of benzene rings is 2. The first-order valence-electron chi connectivity index (χ1n) is 8.14. The first-order chi connectivity index (χ1) is 13.8. The second-order valence-corrected chi connectivity index (χ2v) is 7.47. The number of carbonyl (C=O) groups is 2. The first kappa shape index (κ1) is 19.1. The van der Waals surface area contributed by atoms with Crippen LogP contribution in [0, 0.1) is 10.1 Å². The monoisotopic (exact) mass is 434 g/mol. The number of thioether (sulfide) groups is 1. The minimum atomic E-state index is -0.736. The van der Waals surface area contributed by atoms with Crippen molar-refractivity contribution in [3.63, 3.8) is 0 Å². The van der Waals surface area contributed by atoms with Gasteiger partial charge in [-0.2, -0.15) is 0 Å². The first-order valence-corrected chi connectivity index (χ1v) is 9.33. The van der Waals surface area contributed by atoms with E-state index in [9.17, 15) is 24.8 Å². The van der Waals surface area contributed by atoms with Gasteiger partial charge in [0.15, 0.2) is 17.2 Å². The summed E-state index contributed by atoms with van der Waals surface area (Å²) in [5.74, 6) is -0.0767. The van der Waals surface area contributed by atoms with Gasteiger partial charge >= 0.3 is 5.69 Å². The van der Waals surface area contributed by atoms with Crippen LogP contribution >= 0.6 is 23.4 Å². The molecule has 4 rings (SSSR count). The predicted molar refractivity (Wildman–Crippen MR) is 104 cm³/mol. The third-order valence-electron chi connectivity index (χ3n) is 4.24. The molecule has 0 radical (unpaired) electrons. The Hall–Kier alpha value is -3.24. The van der Waals surface area contributed by atoms with Crippen molar-refractivity contribution < 1.29 is 29.1 Å². The molecule has 148 valence electrons. The molecular weight excluding hydrogens is 424 g/mol. The molecule has 0 aliphatic carbocycles. The number of rotatable bonds is 4. The number of carbonyl (C=O) groups excluding carboxylic acids is 2. The largest absolute Gasteiger partial charge is 0.502 e. The average molecular weight is 435 g/mol. The lowest BCUT2D eigenvalue weighted by Gasteiger charge is -2.14. The smallest absolute Gasteiger partial charge is 0.311 e. The van der Waals surface area contributed by atoms with Crippen LogP contribution in [0.2, 0.25) is 5.02 Å². The van der Waals surface area contributed by atoms with Gasteiger partial charge in [0.2, 0.25) is 6.79 Å². The minimum Gasteiger partial charge on any atom is -0.502 e. The van der Waals surface area contributed by atoms with Gasteiger partial charge in [-0.1, -0.05) is 17.7 Å². The van der Waals surface area contributed by atoms with Gasteiger partial charge in [0.1, 0.15) is 0 Å². The van der Waals surface area contributed by atoms with Crippen LogP contribution in [-0.4, -0.2) is 32.9 Å². The number of hydrogen-bond donors (Lipinski definition) is 1. The third-order valence-corrected chi connectivity index (χ3v) is 5.50. The van der Waals surface area contributed by atoms with Crippen LogP contribution in [-0.2, 0) is 11.3 Å². The highest BCUT2D eigenvalue weighted by molar-refractivity contribution is 8.18. The predicted octanol–water partition coefficient (Wildman–Crippen LogP) is 3.92. The lowest BCUT2D eigenvalue weighted by atomic mass is 10.1. The summed E-state index contributed by atoms with van der Waals surface area (Å²) in [6, 6.07) is 6.86. The van der Waals surface area contributed by atoms with E-state index in [4.69, 9.17) is 21.1 Å². The Balaban J connectivity index is 1.59. The quantitative estimate of drug-likeness (QED) is 0.437. The zero-order chi connectivity index (χ0) is 20.7. The van der Waals surface area contributed by atoms with Crippen LogP contribution in [0.25, 0.3) is 6.08 Å². The minimum absolute atomic E-state index is 0.0623. The molecule has 2 aromatic carbocycles. The third kappa shape index (κ3) is 3.59. The summed E-state index contributed by atoms with van der Waals surface area (Å²) in [5, 5.41) is 20.3. The SMILES string of the molecule is O=C1S/C(=C/c2ccc(O)c([N+](=O)[O-])c2)C(=O)N1Cc1cc2c(cc1Cl)OCO2. The van der Waals surface area contributed by atoms with Crippen molar-refractivity contribution in [1.29, 1.82) is 0 Å². The Labute approximate surface area is 172 Å². The van der Waals surface area contributed by atoms with Crippen LogP contribution in [0.5, 0.6) is 17.2 Å². The van der Waals surface area contributed by atoms with Crippen molar-refractivity contribution in [3.05, 3.63) is 61.5 Å². The van der Waals surface area contributed by atoms with E-state index < -0.39 is 27.5 Å². The fraction of sp³-hybridized carbons (Fsp3) is 0.111. The second-order valence-electron chi connectivity index (χ2n) is 6.07. The highest BCUT2D eigenvalue weighted by atomic mass is 35.5. The molecule has 0 bridgehead atoms. The van der Waals surface area contributed by atoms with Crippen molar-refractivity contribution in [2.24, 2.45) is 0 Å². The standard InChI is InChI=1S/C18H11ClN2O7S/c19-11-6-15-14(27-8-28-15)5-10(11)7-20-17(23)16(29-18(20)24)4-9-1-2-13(22)12(3-9)21(25)26/h1-6,22H,7-8H2/b16-4+. The Morgan fingerprint density at radius 3 is 2.69 bits per heavy atom. The molecule has 29 heavy (non-hydrogen) atoms. The molecule has 0 aromatic heterocycles. The van der Waals surface area contributed by atoms with Crippen molar-refractivity contribution in [3.8, 4) is 17.2 Å². The lowest BCUT2D eigenvalue weighted by Crippen LogP contribution is -2.27. The van der Waals surface area contributed by atoms with Crippen LogP contribution in [0.1, 0.15) is 11.1 Å². The number of nitro benzene ring substituents is 1. The van der Waals surface area contributed by atoms with E-state index in [0.717, 1.165) is 17.0 Å². The topological polar surface area (TPSA) is 119 Å². The number of imide groups is 1. The Morgan fingerprint density at radius 2 is 1.97 bits per heavy atom. The summed E-state index contributed by atoms with van der Waals surface area (Å²) in [7, 11) is 0. The number of hydrogen-bond acceptors (Lipinski definition) is 8. The van der Waals surface area contributed by atoms with E-state index in [2.05, 4.69) is 0 Å². The van der Waals surface area contributed by atoms with Gasteiger partial charge in [0.05, 0.1) is 16.4 Å². The number of phenols is 1. The van der Waals surface area contributed by atoms with Crippen LogP contribution in [0.15, 0.2) is 35.2 Å². The maximum atomic E-state index is 12.7. The molecule has 0 spiro atoms. The maximum Gasteiger partial charge on any atom is 0.311 e. The Kier molecular flexibility index (Phi) is 4.81. The van der Waals surface area contributed by atoms with Gasteiger partial charge in [-0.05, 0) is 41.1 Å². The van der Waals surface area contributed by atoms with E-state index in [0.29, 0.717) is 39.4 Å². The number of nitrogens with zero attached hydrogens (tertiary/aromatic N) is 2. The fourth-order valence-electron chi connectivity index (χ4n) is 2.81. The number of phenolic OH excluding ortho intramolecular Hbond substituents is 1. The molecule has 11 heteroatoms. The van der Waals surface area contributed by atoms with Gasteiger partial charge in [0.25, 0.3) is 11.1 Å². The zero-order valence-corrected chi connectivity index (χ0v) is 16.0. The van der Waals surface area contributed by atoms with Crippen LogP contribution < -0.4 is 9.47 Å². The van der Waals surface area contributed by atoms with Crippen LogP contribution in [0.4, 0.5) is 10.5 Å². The lowest BCUT2D eigenvalue weighted by molar-refractivity contribution is -0.385. The normalized spacial score (nSPS) is 16.7. The molecule has 2 amide bonds. The second kappa shape index (κ2) is 7.30. The molecule has 0 atom stereocenters. The molecule has 2 heterocycles. The molecule has 2 aromatic rings. The van der Waals surface area contributed by atoms with E-state index >= 15 is 0 Å². The van der Waals surface area contributed by atoms with Gasteiger partial charge in [0, 0.05) is 17.2 Å². The maximum absolute atomic E-state index is 12.7. The summed E-state index contributed by atoms with van der Waals surface area (Å²) >= 11 is 6.93. The molecule has 1 fully saturated rings. The van der Waals surface area contributed by atoms with E-state index in [-0.39, 0.29) is 18.2 Å². The molecule has 2 aliphatic heterocycles. The van der Waals surface area contributed by atoms with E-state index in [1.54, 1.807) is 12.1 Å². The van der Waals surface area contributed by atoms with Crippen molar-refractivity contribution in [2.45, 2.75) is 6.54 Å². The number of nitro groups is 1. The van der Waals surface area contributed by atoms with Crippen molar-refractivity contribution in [2.75, 3.05) is 6.79 Å². The van der Waals surface area contributed by atoms with Gasteiger partial charge < -0.3 is 14.6 Å². The summed E-state index contributed by atoms with van der Waals surface area (Å²) < 4.78 is 10.5. The molecular formula is C18H11ClN2O7S. The summed E-state index contributed by atoms with van der Waals surface area (Å²) in [6.45, 7) is 0.00536. The highest BCUT2D eigenvalue weighted by Crippen LogP contribution is 2.39. The summed E-state index contributed by atoms with van der Waals surface area (Å²) in [4.78, 5) is 36.4. The number of amides is 2. The Morgan fingerprint density at radius 1 is 1.24 bits per heavy atom. The van der Waals surface area contributed by atoms with Crippen molar-refractivity contribution >= 4 is 46.3 Å². The number of fused-ring (bicyclic) bond motifs is 1. The molecule has 0 saturated carbocycles. The zero-order valence-electron chi connectivity index (χ0n) is 14.5. The molecule has 1 saturated heterocycles. The summed E-state index contributed by atoms with van der Waals surface area (Å²) in [6.07, 6.45) is 1.36. The van der Waals surface area contributed by atoms with Crippen LogP contribution in [0.3, 0.4) is 0 Å². The highest BCUT2D eigenvalue weighted by Gasteiger charge is 2.36. The summed E-state index contributed by atoms with van der Waals surface area (Å²) in [5.41, 5.74) is 0.325.